The predicted molar refractivity (Wildman–Crippen MR) is 181 cm³/mol. The Kier molecular flexibility index (Phi) is 10.6. The van der Waals surface area contributed by atoms with Crippen molar-refractivity contribution in [2.24, 2.45) is 0 Å². The monoisotopic (exact) mass is 762 g/mol. The molecule has 274 valence electrons. The van der Waals surface area contributed by atoms with Gasteiger partial charge < -0.3 is 14.7 Å². The number of rotatable bonds is 14. The number of ether oxygens (including phenoxy) is 1. The maximum absolute atomic E-state index is 15.1. The summed E-state index contributed by atoms with van der Waals surface area (Å²) in [5, 5.41) is 9.36. The summed E-state index contributed by atoms with van der Waals surface area (Å²) in [4.78, 5) is 25.7. The lowest BCUT2D eigenvalue weighted by atomic mass is 9.99. The van der Waals surface area contributed by atoms with Crippen molar-refractivity contribution in [2.45, 2.75) is 62.4 Å². The summed E-state index contributed by atoms with van der Waals surface area (Å²) in [5.74, 6) is -10.9. The third-order valence-corrected chi connectivity index (χ3v) is 11.1. The van der Waals surface area contributed by atoms with E-state index in [1.54, 1.807) is 6.92 Å². The SMILES string of the molecule is CCOc1cc(C(=O)O)ccc1N(Cc1cc(C2CC2)cc(C2CC2)c1)C(=O)CN(Cc1ccc(F)cc1Cl)S(=O)(=O)c1c(F)cc(F)c(F)c1F. The van der Waals surface area contributed by atoms with Gasteiger partial charge in [-0.2, -0.15) is 4.31 Å². The molecule has 4 aromatic carbocycles. The number of carbonyl (C=O) groups is 2. The maximum atomic E-state index is 15.1. The Morgan fingerprint density at radius 3 is 2.08 bits per heavy atom. The van der Waals surface area contributed by atoms with E-state index in [0.717, 1.165) is 59.9 Å². The van der Waals surface area contributed by atoms with Gasteiger partial charge in [-0.1, -0.05) is 35.9 Å². The minimum atomic E-state index is -5.50. The number of hydrogen-bond acceptors (Lipinski definition) is 5. The molecule has 8 nitrogen and oxygen atoms in total. The van der Waals surface area contributed by atoms with E-state index in [-0.39, 0.29) is 46.8 Å². The Bertz CT molecular complexity index is 2150. The lowest BCUT2D eigenvalue weighted by molar-refractivity contribution is -0.119. The Morgan fingerprint density at radius 1 is 0.846 bits per heavy atom. The van der Waals surface area contributed by atoms with E-state index < -0.39 is 69.0 Å². The van der Waals surface area contributed by atoms with E-state index >= 15 is 8.78 Å². The molecule has 0 heterocycles. The number of nitrogens with zero attached hydrogens (tertiary/aromatic N) is 2. The number of hydrogen-bond donors (Lipinski definition) is 1. The van der Waals surface area contributed by atoms with Crippen LogP contribution in [0.15, 0.2) is 65.6 Å². The molecule has 2 aliphatic rings. The molecule has 4 aromatic rings. The topological polar surface area (TPSA) is 104 Å². The number of carboxylic acids is 1. The van der Waals surface area contributed by atoms with E-state index in [4.69, 9.17) is 16.3 Å². The first-order chi connectivity index (χ1) is 24.7. The number of halogens is 6. The average molecular weight is 763 g/mol. The number of amides is 1. The van der Waals surface area contributed by atoms with Crippen molar-refractivity contribution < 1.29 is 49.8 Å². The fourth-order valence-electron chi connectivity index (χ4n) is 5.99. The number of anilines is 1. The first-order valence-corrected chi connectivity index (χ1v) is 18.2. The number of carbonyl (C=O) groups excluding carboxylic acids is 1. The highest BCUT2D eigenvalue weighted by atomic mass is 35.5. The molecule has 0 aliphatic heterocycles. The van der Waals surface area contributed by atoms with Crippen LogP contribution < -0.4 is 9.64 Å². The summed E-state index contributed by atoms with van der Waals surface area (Å²) in [6.45, 7) is -0.462. The normalized spacial score (nSPS) is 14.5. The minimum absolute atomic E-state index is 0.0230. The standard InChI is InChI=1S/C37H32ClF5N2O6S/c1-2-51-32-14-23(37(47)48)8-10-31(32)45(17-20-11-25(21-3-4-21)13-26(12-20)22-5-6-22)33(46)19-44(18-24-7-9-27(39)15-28(24)38)52(49,50)36-30(41)16-29(40)34(42)35(36)43/h7-16,21-22H,2-6,17-19H2,1H3,(H,47,48). The second-order valence-corrected chi connectivity index (χ2v) is 15.0. The highest BCUT2D eigenvalue weighted by molar-refractivity contribution is 7.89. The van der Waals surface area contributed by atoms with Crippen molar-refractivity contribution in [3.05, 3.63) is 123 Å². The van der Waals surface area contributed by atoms with Gasteiger partial charge in [-0.25, -0.2) is 35.2 Å². The van der Waals surface area contributed by atoms with Crippen molar-refractivity contribution in [3.63, 3.8) is 0 Å². The van der Waals surface area contributed by atoms with Crippen molar-refractivity contribution in [1.82, 2.24) is 4.31 Å². The van der Waals surface area contributed by atoms with Crippen molar-refractivity contribution >= 4 is 39.2 Å². The fraction of sp³-hybridized carbons (Fsp3) is 0.297. The minimum Gasteiger partial charge on any atom is -0.492 e. The summed E-state index contributed by atoms with van der Waals surface area (Å²) < 4.78 is 106. The molecular formula is C37H32ClF5N2O6S. The Hall–Kier alpha value is -4.53. The van der Waals surface area contributed by atoms with Crippen LogP contribution in [-0.4, -0.2) is 42.9 Å². The molecule has 0 atom stereocenters. The number of sulfonamides is 1. The smallest absolute Gasteiger partial charge is 0.335 e. The first-order valence-electron chi connectivity index (χ1n) is 16.4. The van der Waals surface area contributed by atoms with E-state index in [1.807, 2.05) is 12.1 Å². The molecule has 0 aromatic heterocycles. The van der Waals surface area contributed by atoms with Gasteiger partial charge in [0.15, 0.2) is 22.3 Å². The second kappa shape index (κ2) is 14.8. The molecule has 2 saturated carbocycles. The van der Waals surface area contributed by atoms with Gasteiger partial charge in [-0.15, -0.1) is 0 Å². The zero-order valence-corrected chi connectivity index (χ0v) is 29.2. The fourth-order valence-corrected chi connectivity index (χ4v) is 7.69. The van der Waals surface area contributed by atoms with Gasteiger partial charge in [-0.3, -0.25) is 4.79 Å². The van der Waals surface area contributed by atoms with Crippen LogP contribution in [0.4, 0.5) is 27.6 Å². The van der Waals surface area contributed by atoms with Gasteiger partial charge in [0.25, 0.3) is 0 Å². The molecule has 0 spiro atoms. The van der Waals surface area contributed by atoms with Gasteiger partial charge in [0.05, 0.1) is 30.9 Å². The molecule has 0 unspecified atom stereocenters. The van der Waals surface area contributed by atoms with Crippen LogP contribution in [0.3, 0.4) is 0 Å². The van der Waals surface area contributed by atoms with Crippen LogP contribution in [0.2, 0.25) is 5.02 Å². The second-order valence-electron chi connectivity index (χ2n) is 12.8. The third kappa shape index (κ3) is 7.93. The maximum Gasteiger partial charge on any atom is 0.335 e. The van der Waals surface area contributed by atoms with E-state index in [2.05, 4.69) is 6.07 Å². The largest absolute Gasteiger partial charge is 0.492 e. The summed E-state index contributed by atoms with van der Waals surface area (Å²) >= 11 is 6.19. The van der Waals surface area contributed by atoms with Crippen LogP contribution in [-0.2, 0) is 27.9 Å². The third-order valence-electron chi connectivity index (χ3n) is 8.92. The number of aromatic carboxylic acids is 1. The highest BCUT2D eigenvalue weighted by Gasteiger charge is 2.37. The van der Waals surface area contributed by atoms with Gasteiger partial charge in [0, 0.05) is 17.6 Å². The van der Waals surface area contributed by atoms with Crippen molar-refractivity contribution in [2.75, 3.05) is 18.1 Å². The van der Waals surface area contributed by atoms with E-state index in [9.17, 15) is 36.3 Å². The van der Waals surface area contributed by atoms with Crippen LogP contribution >= 0.6 is 11.6 Å². The molecule has 6 rings (SSSR count). The highest BCUT2D eigenvalue weighted by Crippen LogP contribution is 2.46. The quantitative estimate of drug-likeness (QED) is 0.0788. The lowest BCUT2D eigenvalue weighted by Crippen LogP contribution is -2.43. The van der Waals surface area contributed by atoms with Gasteiger partial charge >= 0.3 is 5.97 Å². The molecule has 0 bridgehead atoms. The van der Waals surface area contributed by atoms with E-state index in [1.165, 1.54) is 18.2 Å². The van der Waals surface area contributed by atoms with Crippen LogP contribution in [0.5, 0.6) is 5.75 Å². The molecule has 1 N–H and O–H groups in total. The van der Waals surface area contributed by atoms with Crippen molar-refractivity contribution in [3.8, 4) is 5.75 Å². The first kappa shape index (κ1) is 37.2. The molecular weight excluding hydrogens is 731 g/mol. The van der Waals surface area contributed by atoms with Gasteiger partial charge in [0.1, 0.15) is 17.4 Å². The Balaban J connectivity index is 1.47. The predicted octanol–water partition coefficient (Wildman–Crippen LogP) is 8.31. The summed E-state index contributed by atoms with van der Waals surface area (Å²) in [7, 11) is -5.50. The molecule has 0 saturated heterocycles. The molecule has 2 aliphatic carbocycles. The molecule has 52 heavy (non-hydrogen) atoms. The number of benzene rings is 4. The summed E-state index contributed by atoms with van der Waals surface area (Å²) in [6.07, 6.45) is 3.99. The summed E-state index contributed by atoms with van der Waals surface area (Å²) in [6, 6.07) is 12.5. The molecule has 0 radical (unpaired) electrons. The Morgan fingerprint density at radius 2 is 1.50 bits per heavy atom. The molecule has 15 heteroatoms. The zero-order valence-electron chi connectivity index (χ0n) is 27.6. The molecule has 1 amide bonds. The lowest BCUT2D eigenvalue weighted by Gasteiger charge is -2.29. The van der Waals surface area contributed by atoms with Crippen molar-refractivity contribution in [1.29, 1.82) is 0 Å². The van der Waals surface area contributed by atoms with Crippen LogP contribution in [0.1, 0.15) is 77.1 Å². The van der Waals surface area contributed by atoms with Gasteiger partial charge in [0.2, 0.25) is 15.9 Å². The van der Waals surface area contributed by atoms with Gasteiger partial charge in [-0.05, 0) is 97.0 Å². The molecule has 2 fully saturated rings. The number of carboxylic acid groups (broad SMARTS) is 1. The summed E-state index contributed by atoms with van der Waals surface area (Å²) in [5.41, 5.74) is 2.66. The van der Waals surface area contributed by atoms with E-state index in [0.29, 0.717) is 21.7 Å². The zero-order chi connectivity index (χ0) is 37.5. The van der Waals surface area contributed by atoms with Crippen LogP contribution in [0, 0.1) is 29.1 Å². The van der Waals surface area contributed by atoms with Crippen LogP contribution in [0.25, 0.3) is 0 Å². The Labute approximate surface area is 301 Å². The average Bonchev–Trinajstić information content (AvgIpc) is 4.01.